The molecule has 1 aromatic carbocycles. The van der Waals surface area contributed by atoms with Gasteiger partial charge in [-0.15, -0.1) is 0 Å². The van der Waals surface area contributed by atoms with Crippen LogP contribution in [-0.4, -0.2) is 66.6 Å². The predicted molar refractivity (Wildman–Crippen MR) is 96.2 cm³/mol. The smallest absolute Gasteiger partial charge is 0.320 e. The summed E-state index contributed by atoms with van der Waals surface area (Å²) >= 11 is 0. The second-order valence-electron chi connectivity index (χ2n) is 6.20. The molecule has 1 saturated heterocycles. The number of aliphatic carboxylic acids is 1. The first-order valence-corrected chi connectivity index (χ1v) is 8.54. The summed E-state index contributed by atoms with van der Waals surface area (Å²) in [6, 6.07) is 5.85. The first-order valence-electron chi connectivity index (χ1n) is 8.54. The van der Waals surface area contributed by atoms with Gasteiger partial charge in [-0.05, 0) is 25.5 Å². The van der Waals surface area contributed by atoms with Gasteiger partial charge in [0, 0.05) is 26.6 Å². The molecule has 1 aromatic rings. The van der Waals surface area contributed by atoms with Crippen molar-refractivity contribution in [3.8, 4) is 5.75 Å². The van der Waals surface area contributed by atoms with E-state index >= 15 is 0 Å². The largest absolute Gasteiger partial charge is 0.495 e. The third-order valence-corrected chi connectivity index (χ3v) is 4.55. The maximum absolute atomic E-state index is 13.0. The fourth-order valence-corrected chi connectivity index (χ4v) is 3.19. The van der Waals surface area contributed by atoms with Crippen LogP contribution in [0.2, 0.25) is 0 Å². The molecule has 2 unspecified atom stereocenters. The van der Waals surface area contributed by atoms with Gasteiger partial charge in [-0.25, -0.2) is 0 Å². The first kappa shape index (κ1) is 19.7. The van der Waals surface area contributed by atoms with E-state index in [0.717, 1.165) is 0 Å². The van der Waals surface area contributed by atoms with Crippen LogP contribution < -0.4 is 15.0 Å². The first-order chi connectivity index (χ1) is 12.4. The summed E-state index contributed by atoms with van der Waals surface area (Å²) in [5.74, 6) is -0.763. The molecule has 0 bridgehead atoms. The number of para-hydroxylation sites is 2. The Hall–Kier alpha value is -2.61. The molecule has 1 aliphatic rings. The predicted octanol–water partition coefficient (Wildman–Crippen LogP) is 0.712. The minimum Gasteiger partial charge on any atom is -0.495 e. The van der Waals surface area contributed by atoms with Crippen molar-refractivity contribution in [3.05, 3.63) is 24.3 Å². The average molecular weight is 363 g/mol. The number of rotatable bonds is 8. The molecule has 2 amide bonds. The lowest BCUT2D eigenvalue weighted by Gasteiger charge is -2.31. The number of nitrogens with one attached hydrogen (secondary N) is 1. The van der Waals surface area contributed by atoms with E-state index in [1.807, 2.05) is 12.1 Å². The molecule has 0 radical (unpaired) electrons. The van der Waals surface area contributed by atoms with Gasteiger partial charge in [0.15, 0.2) is 0 Å². The molecule has 1 heterocycles. The van der Waals surface area contributed by atoms with Gasteiger partial charge in [-0.3, -0.25) is 19.3 Å². The molecule has 8 nitrogen and oxygen atoms in total. The highest BCUT2D eigenvalue weighted by atomic mass is 16.5. The van der Waals surface area contributed by atoms with Gasteiger partial charge < -0.3 is 20.1 Å². The van der Waals surface area contributed by atoms with Crippen LogP contribution in [0.15, 0.2) is 24.3 Å². The van der Waals surface area contributed by atoms with Gasteiger partial charge in [0.05, 0.1) is 18.8 Å². The SMILES string of the molecule is COc1ccccc1N1CCC(N(CCNC(C)=O)C(C)C(=O)O)C1=O. The van der Waals surface area contributed by atoms with Crippen molar-refractivity contribution in [2.45, 2.75) is 32.4 Å². The molecule has 1 aliphatic heterocycles. The molecule has 0 spiro atoms. The highest BCUT2D eigenvalue weighted by molar-refractivity contribution is 6.00. The Kier molecular flexibility index (Phi) is 6.57. The van der Waals surface area contributed by atoms with Crippen molar-refractivity contribution in [3.63, 3.8) is 0 Å². The van der Waals surface area contributed by atoms with Crippen LogP contribution in [-0.2, 0) is 14.4 Å². The van der Waals surface area contributed by atoms with Crippen LogP contribution in [0, 0.1) is 0 Å². The monoisotopic (exact) mass is 363 g/mol. The summed E-state index contributed by atoms with van der Waals surface area (Å²) in [4.78, 5) is 38.8. The second kappa shape index (κ2) is 8.66. The zero-order valence-corrected chi connectivity index (χ0v) is 15.3. The lowest BCUT2D eigenvalue weighted by Crippen LogP contribution is -2.51. The number of carbonyl (C=O) groups is 3. The second-order valence-corrected chi connectivity index (χ2v) is 6.20. The van der Waals surface area contributed by atoms with Gasteiger partial charge in [0.1, 0.15) is 11.8 Å². The maximum atomic E-state index is 13.0. The number of hydrogen-bond acceptors (Lipinski definition) is 5. The zero-order chi connectivity index (χ0) is 19.3. The molecule has 1 fully saturated rings. The molecule has 2 atom stereocenters. The minimum atomic E-state index is -1.00. The lowest BCUT2D eigenvalue weighted by molar-refractivity contribution is -0.144. The minimum absolute atomic E-state index is 0.162. The van der Waals surface area contributed by atoms with E-state index in [9.17, 15) is 19.5 Å². The Bertz CT molecular complexity index is 679. The molecule has 2 rings (SSSR count). The lowest BCUT2D eigenvalue weighted by atomic mass is 10.1. The van der Waals surface area contributed by atoms with Crippen molar-refractivity contribution in [1.29, 1.82) is 0 Å². The van der Waals surface area contributed by atoms with Crippen molar-refractivity contribution in [2.24, 2.45) is 0 Å². The van der Waals surface area contributed by atoms with Crippen LogP contribution in [0.5, 0.6) is 5.75 Å². The van der Waals surface area contributed by atoms with Crippen molar-refractivity contribution >= 4 is 23.5 Å². The molecule has 0 saturated carbocycles. The third-order valence-electron chi connectivity index (χ3n) is 4.55. The summed E-state index contributed by atoms with van der Waals surface area (Å²) in [6.07, 6.45) is 0.509. The van der Waals surface area contributed by atoms with Gasteiger partial charge in [0.25, 0.3) is 0 Å². The van der Waals surface area contributed by atoms with Crippen molar-refractivity contribution < 1.29 is 24.2 Å². The Morgan fingerprint density at radius 3 is 2.73 bits per heavy atom. The van der Waals surface area contributed by atoms with Crippen LogP contribution >= 0.6 is 0 Å². The fourth-order valence-electron chi connectivity index (χ4n) is 3.19. The Labute approximate surface area is 152 Å². The number of carbonyl (C=O) groups excluding carboxylic acids is 2. The van der Waals surface area contributed by atoms with E-state index in [0.29, 0.717) is 24.4 Å². The Morgan fingerprint density at radius 2 is 2.12 bits per heavy atom. The maximum Gasteiger partial charge on any atom is 0.320 e. The molecular weight excluding hydrogens is 338 g/mol. The average Bonchev–Trinajstić information content (AvgIpc) is 2.99. The molecule has 2 N–H and O–H groups in total. The van der Waals surface area contributed by atoms with E-state index in [1.165, 1.54) is 6.92 Å². The van der Waals surface area contributed by atoms with E-state index in [1.54, 1.807) is 36.0 Å². The number of methoxy groups -OCH3 is 1. The number of ether oxygens (including phenoxy) is 1. The van der Waals surface area contributed by atoms with Crippen LogP contribution in [0.1, 0.15) is 20.3 Å². The van der Waals surface area contributed by atoms with E-state index in [4.69, 9.17) is 4.74 Å². The van der Waals surface area contributed by atoms with Crippen LogP contribution in [0.3, 0.4) is 0 Å². The number of hydrogen-bond donors (Lipinski definition) is 2. The molecule has 142 valence electrons. The van der Waals surface area contributed by atoms with Gasteiger partial charge in [0.2, 0.25) is 11.8 Å². The third kappa shape index (κ3) is 4.32. The summed E-state index contributed by atoms with van der Waals surface area (Å²) in [5.41, 5.74) is 0.673. The number of carboxylic acid groups (broad SMARTS) is 1. The molecule has 26 heavy (non-hydrogen) atoms. The quantitative estimate of drug-likeness (QED) is 0.706. The molecule has 0 aromatic heterocycles. The number of benzene rings is 1. The van der Waals surface area contributed by atoms with Crippen LogP contribution in [0.4, 0.5) is 5.69 Å². The summed E-state index contributed by atoms with van der Waals surface area (Å²) in [5, 5.41) is 12.0. The summed E-state index contributed by atoms with van der Waals surface area (Å²) < 4.78 is 5.33. The fraction of sp³-hybridized carbons (Fsp3) is 0.500. The number of anilines is 1. The highest BCUT2D eigenvalue weighted by Gasteiger charge is 2.40. The van der Waals surface area contributed by atoms with E-state index in [-0.39, 0.29) is 24.9 Å². The van der Waals surface area contributed by atoms with E-state index < -0.39 is 18.1 Å². The van der Waals surface area contributed by atoms with Crippen molar-refractivity contribution in [1.82, 2.24) is 10.2 Å². The van der Waals surface area contributed by atoms with Crippen molar-refractivity contribution in [2.75, 3.05) is 31.6 Å². The molecular formula is C18H25N3O5. The molecule has 8 heteroatoms. The van der Waals surface area contributed by atoms with E-state index in [2.05, 4.69) is 5.32 Å². The normalized spacial score (nSPS) is 18.1. The highest BCUT2D eigenvalue weighted by Crippen LogP contribution is 2.32. The zero-order valence-electron chi connectivity index (χ0n) is 15.3. The number of carboxylic acids is 1. The number of nitrogens with zero attached hydrogens (tertiary/aromatic N) is 2. The Balaban J connectivity index is 2.20. The standard InChI is InChI=1S/C18H25N3O5/c1-12(18(24)25)20(11-9-19-13(2)22)15-8-10-21(17(15)23)14-6-4-5-7-16(14)26-3/h4-7,12,15H,8-11H2,1-3H3,(H,19,22)(H,24,25). The van der Waals surface area contributed by atoms with Gasteiger partial charge in [-0.1, -0.05) is 12.1 Å². The summed E-state index contributed by atoms with van der Waals surface area (Å²) in [6.45, 7) is 3.99. The van der Waals surface area contributed by atoms with Gasteiger partial charge >= 0.3 is 5.97 Å². The molecule has 0 aliphatic carbocycles. The number of amides is 2. The Morgan fingerprint density at radius 1 is 1.42 bits per heavy atom. The van der Waals surface area contributed by atoms with Crippen LogP contribution in [0.25, 0.3) is 0 Å². The topological polar surface area (TPSA) is 99.2 Å². The van der Waals surface area contributed by atoms with Gasteiger partial charge in [-0.2, -0.15) is 0 Å². The summed E-state index contributed by atoms with van der Waals surface area (Å²) in [7, 11) is 1.54.